The molecule has 1 aliphatic heterocycles. The number of carbonyl (C=O) groups excluding carboxylic acids is 1. The van der Waals surface area contributed by atoms with E-state index in [-0.39, 0.29) is 18.6 Å². The number of rotatable bonds is 6. The lowest BCUT2D eigenvalue weighted by molar-refractivity contribution is -0.133. The molecule has 1 saturated heterocycles. The molecule has 1 heterocycles. The van der Waals surface area contributed by atoms with Crippen LogP contribution in [0.3, 0.4) is 0 Å². The first-order valence-electron chi connectivity index (χ1n) is 6.29. The number of nitrogens with one attached hydrogen (secondary N) is 1. The zero-order valence-corrected chi connectivity index (χ0v) is 10.4. The molecular weight excluding hydrogens is 204 g/mol. The lowest BCUT2D eigenvalue weighted by Gasteiger charge is -2.27. The third-order valence-electron chi connectivity index (χ3n) is 3.08. The molecule has 0 aromatic heterocycles. The Labute approximate surface area is 98.0 Å². The molecule has 1 atom stereocenters. The highest BCUT2D eigenvalue weighted by molar-refractivity contribution is 5.77. The largest absolute Gasteiger partial charge is 0.396 e. The summed E-state index contributed by atoms with van der Waals surface area (Å²) in [5, 5.41) is 12.2. The van der Waals surface area contributed by atoms with Crippen LogP contribution in [-0.4, -0.2) is 47.7 Å². The summed E-state index contributed by atoms with van der Waals surface area (Å²) in [4.78, 5) is 13.9. The molecule has 1 amide bonds. The zero-order chi connectivity index (χ0) is 12.0. The first kappa shape index (κ1) is 13.5. The quantitative estimate of drug-likeness (QED) is 0.705. The number of hydrogen-bond acceptors (Lipinski definition) is 3. The molecule has 4 heteroatoms. The van der Waals surface area contributed by atoms with Crippen LogP contribution in [0.1, 0.15) is 39.5 Å². The molecule has 1 aliphatic rings. The lowest BCUT2D eigenvalue weighted by atomic mass is 10.1. The van der Waals surface area contributed by atoms with Crippen LogP contribution in [0.5, 0.6) is 0 Å². The van der Waals surface area contributed by atoms with Gasteiger partial charge in [0.15, 0.2) is 0 Å². The maximum Gasteiger partial charge on any atom is 0.224 e. The molecule has 2 N–H and O–H groups in total. The highest BCUT2D eigenvalue weighted by Crippen LogP contribution is 2.12. The minimum atomic E-state index is 0.151. The summed E-state index contributed by atoms with van der Waals surface area (Å²) in [6.45, 7) is 5.91. The van der Waals surface area contributed by atoms with Crippen LogP contribution < -0.4 is 5.32 Å². The number of carbonyl (C=O) groups is 1. The van der Waals surface area contributed by atoms with E-state index in [0.717, 1.165) is 13.0 Å². The fourth-order valence-electron chi connectivity index (χ4n) is 2.17. The first-order chi connectivity index (χ1) is 7.65. The molecule has 0 aliphatic carbocycles. The van der Waals surface area contributed by atoms with Crippen molar-refractivity contribution < 1.29 is 9.90 Å². The molecule has 0 aromatic rings. The van der Waals surface area contributed by atoms with Crippen molar-refractivity contribution in [1.29, 1.82) is 0 Å². The van der Waals surface area contributed by atoms with Gasteiger partial charge in [-0.1, -0.05) is 0 Å². The van der Waals surface area contributed by atoms with E-state index in [4.69, 9.17) is 5.11 Å². The van der Waals surface area contributed by atoms with E-state index in [1.165, 1.54) is 6.42 Å². The van der Waals surface area contributed by atoms with Gasteiger partial charge in [0.25, 0.3) is 0 Å². The van der Waals surface area contributed by atoms with Gasteiger partial charge in [-0.2, -0.15) is 0 Å². The topological polar surface area (TPSA) is 52.6 Å². The summed E-state index contributed by atoms with van der Waals surface area (Å²) in [7, 11) is 0. The van der Waals surface area contributed by atoms with E-state index in [9.17, 15) is 4.79 Å². The third-order valence-corrected chi connectivity index (χ3v) is 3.08. The van der Waals surface area contributed by atoms with Gasteiger partial charge in [-0.05, 0) is 39.7 Å². The standard InChI is InChI=1S/C12H24N2O2/c1-10(2)14(7-4-8-15)12(16)9-11-5-3-6-13-11/h10-11,13,15H,3-9H2,1-2H3. The van der Waals surface area contributed by atoms with Gasteiger partial charge in [-0.3, -0.25) is 4.79 Å². The Morgan fingerprint density at radius 1 is 1.56 bits per heavy atom. The van der Waals surface area contributed by atoms with E-state index >= 15 is 0 Å². The summed E-state index contributed by atoms with van der Waals surface area (Å²) < 4.78 is 0. The Balaban J connectivity index is 2.39. The Bertz CT molecular complexity index is 213. The molecule has 0 aromatic carbocycles. The Hall–Kier alpha value is -0.610. The van der Waals surface area contributed by atoms with Crippen molar-refractivity contribution in [2.75, 3.05) is 19.7 Å². The summed E-state index contributed by atoms with van der Waals surface area (Å²) >= 11 is 0. The average Bonchev–Trinajstić information content (AvgIpc) is 2.70. The zero-order valence-electron chi connectivity index (χ0n) is 10.4. The van der Waals surface area contributed by atoms with Crippen LogP contribution in [0, 0.1) is 0 Å². The van der Waals surface area contributed by atoms with Gasteiger partial charge < -0.3 is 15.3 Å². The summed E-state index contributed by atoms with van der Waals surface area (Å²) in [5.74, 6) is 0.211. The van der Waals surface area contributed by atoms with E-state index in [1.807, 2.05) is 18.7 Å². The number of nitrogens with zero attached hydrogens (tertiary/aromatic N) is 1. The molecule has 1 unspecified atom stereocenters. The SMILES string of the molecule is CC(C)N(CCCO)C(=O)CC1CCCN1. The van der Waals surface area contributed by atoms with Gasteiger partial charge in [0.2, 0.25) is 5.91 Å². The van der Waals surface area contributed by atoms with Gasteiger partial charge in [0, 0.05) is 31.7 Å². The van der Waals surface area contributed by atoms with E-state index in [0.29, 0.717) is 25.4 Å². The van der Waals surface area contributed by atoms with Crippen molar-refractivity contribution in [3.63, 3.8) is 0 Å². The molecule has 0 radical (unpaired) electrons. The van der Waals surface area contributed by atoms with Crippen molar-refractivity contribution in [3.05, 3.63) is 0 Å². The predicted molar refractivity (Wildman–Crippen MR) is 64.2 cm³/mol. The lowest BCUT2D eigenvalue weighted by Crippen LogP contribution is -2.40. The first-order valence-corrected chi connectivity index (χ1v) is 6.29. The molecule has 4 nitrogen and oxygen atoms in total. The number of hydrogen-bond donors (Lipinski definition) is 2. The molecule has 16 heavy (non-hydrogen) atoms. The highest BCUT2D eigenvalue weighted by Gasteiger charge is 2.22. The highest BCUT2D eigenvalue weighted by atomic mass is 16.3. The second kappa shape index (κ2) is 6.86. The van der Waals surface area contributed by atoms with Crippen LogP contribution in [0.4, 0.5) is 0 Å². The Morgan fingerprint density at radius 3 is 2.81 bits per heavy atom. The molecule has 0 spiro atoms. The second-order valence-electron chi connectivity index (χ2n) is 4.76. The molecule has 94 valence electrons. The smallest absolute Gasteiger partial charge is 0.224 e. The van der Waals surface area contributed by atoms with Crippen molar-refractivity contribution >= 4 is 5.91 Å². The fraction of sp³-hybridized carbons (Fsp3) is 0.917. The monoisotopic (exact) mass is 228 g/mol. The second-order valence-corrected chi connectivity index (χ2v) is 4.76. The molecule has 1 rings (SSSR count). The number of aliphatic hydroxyl groups is 1. The van der Waals surface area contributed by atoms with Gasteiger partial charge in [-0.25, -0.2) is 0 Å². The summed E-state index contributed by atoms with van der Waals surface area (Å²) in [6, 6.07) is 0.586. The van der Waals surface area contributed by atoms with Gasteiger partial charge in [-0.15, -0.1) is 0 Å². The maximum atomic E-state index is 12.1. The van der Waals surface area contributed by atoms with E-state index < -0.39 is 0 Å². The van der Waals surface area contributed by atoms with E-state index in [2.05, 4.69) is 5.32 Å². The molecule has 0 bridgehead atoms. The minimum Gasteiger partial charge on any atom is -0.396 e. The Kier molecular flexibility index (Phi) is 5.77. The predicted octanol–water partition coefficient (Wildman–Crippen LogP) is 0.748. The number of amides is 1. The maximum absolute atomic E-state index is 12.1. The summed E-state index contributed by atoms with van der Waals surface area (Å²) in [5.41, 5.74) is 0. The van der Waals surface area contributed by atoms with Gasteiger partial charge in [0.05, 0.1) is 0 Å². The van der Waals surface area contributed by atoms with Crippen molar-refractivity contribution in [3.8, 4) is 0 Å². The normalized spacial score (nSPS) is 20.4. The summed E-state index contributed by atoms with van der Waals surface area (Å²) in [6.07, 6.45) is 3.56. The molecule has 0 saturated carbocycles. The van der Waals surface area contributed by atoms with Crippen LogP contribution in [0.15, 0.2) is 0 Å². The van der Waals surface area contributed by atoms with Crippen molar-refractivity contribution in [1.82, 2.24) is 10.2 Å². The number of aliphatic hydroxyl groups excluding tert-OH is 1. The molecular formula is C12H24N2O2. The molecule has 1 fully saturated rings. The fourth-order valence-corrected chi connectivity index (χ4v) is 2.17. The van der Waals surface area contributed by atoms with Crippen LogP contribution in [0.2, 0.25) is 0 Å². The van der Waals surface area contributed by atoms with Crippen molar-refractivity contribution in [2.24, 2.45) is 0 Å². The van der Waals surface area contributed by atoms with Crippen LogP contribution in [-0.2, 0) is 4.79 Å². The van der Waals surface area contributed by atoms with Crippen LogP contribution >= 0.6 is 0 Å². The average molecular weight is 228 g/mol. The van der Waals surface area contributed by atoms with Crippen LogP contribution in [0.25, 0.3) is 0 Å². The minimum absolute atomic E-state index is 0.151. The Morgan fingerprint density at radius 2 is 2.31 bits per heavy atom. The van der Waals surface area contributed by atoms with E-state index in [1.54, 1.807) is 0 Å². The van der Waals surface area contributed by atoms with Gasteiger partial charge >= 0.3 is 0 Å². The third kappa shape index (κ3) is 4.10. The van der Waals surface area contributed by atoms with Gasteiger partial charge in [0.1, 0.15) is 0 Å². The van der Waals surface area contributed by atoms with Crippen molar-refractivity contribution in [2.45, 2.75) is 51.6 Å².